The van der Waals surface area contributed by atoms with Gasteiger partial charge in [0.15, 0.2) is 13.6 Å². The SMILES string of the molecule is [SiH3]C1([SiH3])OCOCO1. The lowest BCUT2D eigenvalue weighted by atomic mass is 11.1. The molecule has 1 fully saturated rings. The third-order valence-corrected chi connectivity index (χ3v) is 2.13. The molecule has 1 aliphatic rings. The Morgan fingerprint density at radius 2 is 1.62 bits per heavy atom. The zero-order chi connectivity index (χ0) is 6.04. The maximum absolute atomic E-state index is 5.14. The zero-order valence-corrected chi connectivity index (χ0v) is 9.14. The summed E-state index contributed by atoms with van der Waals surface area (Å²) in [5.41, 5.74) is 0. The first-order valence-corrected chi connectivity index (χ1v) is 4.56. The van der Waals surface area contributed by atoms with E-state index in [-0.39, 0.29) is 5.03 Å². The van der Waals surface area contributed by atoms with Crippen molar-refractivity contribution in [3.63, 3.8) is 0 Å². The van der Waals surface area contributed by atoms with Gasteiger partial charge in [0.1, 0.15) is 5.03 Å². The second-order valence-corrected chi connectivity index (χ2v) is 7.76. The third-order valence-electron chi connectivity index (χ3n) is 0.980. The smallest absolute Gasteiger partial charge is 0.152 e. The molecule has 0 aliphatic carbocycles. The van der Waals surface area contributed by atoms with Gasteiger partial charge in [-0.1, -0.05) is 0 Å². The Bertz CT molecular complexity index is 76.6. The Hall–Kier alpha value is 0.314. The molecule has 1 aliphatic heterocycles. The molecule has 0 aromatic rings. The molecule has 3 nitrogen and oxygen atoms in total. The molecule has 1 saturated heterocycles. The lowest BCUT2D eigenvalue weighted by molar-refractivity contribution is -0.288. The molecule has 0 atom stereocenters. The van der Waals surface area contributed by atoms with E-state index < -0.39 is 0 Å². The van der Waals surface area contributed by atoms with Gasteiger partial charge in [0.05, 0.1) is 20.5 Å². The minimum absolute atomic E-state index is 0.168. The van der Waals surface area contributed by atoms with Crippen LogP contribution in [0.2, 0.25) is 0 Å². The Morgan fingerprint density at radius 3 is 1.88 bits per heavy atom. The van der Waals surface area contributed by atoms with E-state index in [1.54, 1.807) is 0 Å². The maximum Gasteiger partial charge on any atom is 0.152 e. The summed E-state index contributed by atoms with van der Waals surface area (Å²) < 4.78 is 15.1. The summed E-state index contributed by atoms with van der Waals surface area (Å²) >= 11 is 0. The van der Waals surface area contributed by atoms with Gasteiger partial charge < -0.3 is 14.2 Å². The lowest BCUT2D eigenvalue weighted by Gasteiger charge is -2.30. The van der Waals surface area contributed by atoms with Crippen LogP contribution in [0.5, 0.6) is 0 Å². The average molecular weight is 150 g/mol. The quantitative estimate of drug-likeness (QED) is 0.352. The fourth-order valence-electron chi connectivity index (χ4n) is 0.443. The van der Waals surface area contributed by atoms with Crippen molar-refractivity contribution in [3.8, 4) is 0 Å². The number of ether oxygens (including phenoxy) is 3. The van der Waals surface area contributed by atoms with Crippen LogP contribution in [0.25, 0.3) is 0 Å². The van der Waals surface area contributed by atoms with Crippen molar-refractivity contribution >= 4 is 20.5 Å². The highest BCUT2D eigenvalue weighted by Gasteiger charge is 2.21. The van der Waals surface area contributed by atoms with Crippen molar-refractivity contribution in [1.82, 2.24) is 0 Å². The Labute approximate surface area is 54.1 Å². The fraction of sp³-hybridized carbons (Fsp3) is 1.00. The van der Waals surface area contributed by atoms with Crippen LogP contribution in [0.4, 0.5) is 0 Å². The van der Waals surface area contributed by atoms with E-state index in [0.29, 0.717) is 13.6 Å². The van der Waals surface area contributed by atoms with Gasteiger partial charge in [-0.05, 0) is 0 Å². The monoisotopic (exact) mass is 150 g/mol. The number of hydrogen-bond acceptors (Lipinski definition) is 3. The van der Waals surface area contributed by atoms with Crippen molar-refractivity contribution < 1.29 is 14.2 Å². The predicted octanol–water partition coefficient (Wildman–Crippen LogP) is -2.69. The van der Waals surface area contributed by atoms with Gasteiger partial charge in [-0.15, -0.1) is 0 Å². The van der Waals surface area contributed by atoms with Crippen LogP contribution in [0.3, 0.4) is 0 Å². The maximum atomic E-state index is 5.14. The van der Waals surface area contributed by atoms with Gasteiger partial charge >= 0.3 is 0 Å². The van der Waals surface area contributed by atoms with Gasteiger partial charge in [-0.3, -0.25) is 0 Å². The summed E-state index contributed by atoms with van der Waals surface area (Å²) in [6.45, 7) is 0.819. The Morgan fingerprint density at radius 1 is 1.12 bits per heavy atom. The highest BCUT2D eigenvalue weighted by Crippen LogP contribution is 2.07. The highest BCUT2D eigenvalue weighted by molar-refractivity contribution is 6.37. The van der Waals surface area contributed by atoms with Crippen LogP contribution >= 0.6 is 0 Å². The van der Waals surface area contributed by atoms with Crippen LogP contribution in [0.1, 0.15) is 0 Å². The Kier molecular flexibility index (Phi) is 1.83. The van der Waals surface area contributed by atoms with Crippen LogP contribution in [-0.2, 0) is 14.2 Å². The molecule has 0 N–H and O–H groups in total. The van der Waals surface area contributed by atoms with Crippen LogP contribution in [0.15, 0.2) is 0 Å². The first-order valence-electron chi connectivity index (χ1n) is 2.56. The van der Waals surface area contributed by atoms with Gasteiger partial charge in [0.2, 0.25) is 0 Å². The molecule has 0 spiro atoms. The molecule has 48 valence electrons. The molecule has 5 heteroatoms. The molecule has 8 heavy (non-hydrogen) atoms. The van der Waals surface area contributed by atoms with Gasteiger partial charge in [0, 0.05) is 0 Å². The fourth-order valence-corrected chi connectivity index (χ4v) is 0.914. The molecule has 0 aromatic carbocycles. The van der Waals surface area contributed by atoms with Crippen molar-refractivity contribution in [1.29, 1.82) is 0 Å². The van der Waals surface area contributed by atoms with Crippen molar-refractivity contribution in [2.45, 2.75) is 5.03 Å². The summed E-state index contributed by atoms with van der Waals surface area (Å²) in [6, 6.07) is 0. The highest BCUT2D eigenvalue weighted by atomic mass is 28.2. The molecule has 0 unspecified atom stereocenters. The summed E-state index contributed by atoms with van der Waals surface area (Å²) in [6.07, 6.45) is 0. The summed E-state index contributed by atoms with van der Waals surface area (Å²) in [7, 11) is 1.89. The molecule has 0 amide bonds. The van der Waals surface area contributed by atoms with E-state index in [4.69, 9.17) is 14.2 Å². The van der Waals surface area contributed by atoms with Gasteiger partial charge in [0.25, 0.3) is 0 Å². The van der Waals surface area contributed by atoms with Crippen LogP contribution < -0.4 is 0 Å². The summed E-state index contributed by atoms with van der Waals surface area (Å²) in [5.74, 6) is 0. The van der Waals surface area contributed by atoms with E-state index in [1.165, 1.54) is 0 Å². The normalized spacial score (nSPS) is 28.5. The molecule has 0 radical (unpaired) electrons. The van der Waals surface area contributed by atoms with E-state index in [2.05, 4.69) is 0 Å². The topological polar surface area (TPSA) is 27.7 Å². The first kappa shape index (κ1) is 6.43. The number of hydrogen-bond donors (Lipinski definition) is 0. The predicted molar refractivity (Wildman–Crippen MR) is 35.6 cm³/mol. The van der Waals surface area contributed by atoms with E-state index in [1.807, 2.05) is 0 Å². The second-order valence-electron chi connectivity index (χ2n) is 2.13. The summed E-state index contributed by atoms with van der Waals surface area (Å²) in [5, 5.41) is -0.168. The van der Waals surface area contributed by atoms with Gasteiger partial charge in [-0.25, -0.2) is 0 Å². The molecule has 0 saturated carbocycles. The average Bonchev–Trinajstić information content (AvgIpc) is 1.65. The summed E-state index contributed by atoms with van der Waals surface area (Å²) in [4.78, 5) is 0. The second kappa shape index (κ2) is 2.28. The third kappa shape index (κ3) is 1.68. The largest absolute Gasteiger partial charge is 0.333 e. The first-order chi connectivity index (χ1) is 3.71. The standard InChI is InChI=1S/C3H10O3Si2/c7-3(8)5-1-4-2-6-3/h1-2H2,7-8H3. The van der Waals surface area contributed by atoms with Gasteiger partial charge in [-0.2, -0.15) is 0 Å². The van der Waals surface area contributed by atoms with Crippen molar-refractivity contribution in [2.24, 2.45) is 0 Å². The molecule has 1 heterocycles. The minimum Gasteiger partial charge on any atom is -0.333 e. The molecule has 0 aromatic heterocycles. The van der Waals surface area contributed by atoms with E-state index in [0.717, 1.165) is 20.5 Å². The number of rotatable bonds is 0. The van der Waals surface area contributed by atoms with Crippen molar-refractivity contribution in [3.05, 3.63) is 0 Å². The minimum atomic E-state index is -0.168. The van der Waals surface area contributed by atoms with Crippen LogP contribution in [-0.4, -0.2) is 39.1 Å². The molecule has 0 bridgehead atoms. The molecular formula is C3H10O3Si2. The zero-order valence-electron chi connectivity index (χ0n) is 5.14. The van der Waals surface area contributed by atoms with E-state index in [9.17, 15) is 0 Å². The molecule has 1 rings (SSSR count). The lowest BCUT2D eigenvalue weighted by Crippen LogP contribution is -2.42. The van der Waals surface area contributed by atoms with E-state index >= 15 is 0 Å². The molecular weight excluding hydrogens is 140 g/mol. The van der Waals surface area contributed by atoms with Crippen LogP contribution in [0, 0.1) is 0 Å². The Balaban J connectivity index is 2.33. The van der Waals surface area contributed by atoms with Crippen molar-refractivity contribution in [2.75, 3.05) is 13.6 Å².